The molecule has 1 aromatic rings. The first-order valence-corrected chi connectivity index (χ1v) is 5.31. The Morgan fingerprint density at radius 3 is 2.83 bits per heavy atom. The molecule has 1 rings (SSSR count). The number of benzene rings is 1. The number of hydrogen-bond donors (Lipinski definition) is 2. The SMILES string of the molecule is CC(O)CNC(=O)COc1ccccc1[N+](=O)[O-]. The Morgan fingerprint density at radius 1 is 1.56 bits per heavy atom. The number of nitro groups is 1. The number of aliphatic hydroxyl groups excluding tert-OH is 1. The van der Waals surface area contributed by atoms with Crippen LogP contribution in [0.2, 0.25) is 0 Å². The van der Waals surface area contributed by atoms with Crippen molar-refractivity contribution in [1.29, 1.82) is 0 Å². The van der Waals surface area contributed by atoms with Crippen molar-refractivity contribution in [2.75, 3.05) is 13.2 Å². The average molecular weight is 254 g/mol. The van der Waals surface area contributed by atoms with Crippen molar-refractivity contribution < 1.29 is 19.6 Å². The van der Waals surface area contributed by atoms with Gasteiger partial charge in [-0.25, -0.2) is 0 Å². The quantitative estimate of drug-likeness (QED) is 0.567. The van der Waals surface area contributed by atoms with Gasteiger partial charge in [-0.3, -0.25) is 14.9 Å². The minimum atomic E-state index is -0.653. The first-order chi connectivity index (χ1) is 8.50. The fraction of sp³-hybridized carbons (Fsp3) is 0.364. The van der Waals surface area contributed by atoms with Crippen molar-refractivity contribution in [2.24, 2.45) is 0 Å². The number of hydrogen-bond acceptors (Lipinski definition) is 5. The molecule has 0 aliphatic carbocycles. The molecule has 0 heterocycles. The Kier molecular flexibility index (Phi) is 5.06. The Balaban J connectivity index is 2.53. The summed E-state index contributed by atoms with van der Waals surface area (Å²) in [4.78, 5) is 21.4. The largest absolute Gasteiger partial charge is 0.477 e. The van der Waals surface area contributed by atoms with E-state index in [2.05, 4.69) is 5.32 Å². The van der Waals surface area contributed by atoms with Crippen molar-refractivity contribution in [2.45, 2.75) is 13.0 Å². The van der Waals surface area contributed by atoms with Crippen LogP contribution in [0.5, 0.6) is 5.75 Å². The molecule has 0 saturated heterocycles. The molecule has 7 nitrogen and oxygen atoms in total. The van der Waals surface area contributed by atoms with Gasteiger partial charge in [0.05, 0.1) is 11.0 Å². The summed E-state index contributed by atoms with van der Waals surface area (Å²) in [6.07, 6.45) is -0.653. The van der Waals surface area contributed by atoms with Crippen LogP contribution in [0.3, 0.4) is 0 Å². The van der Waals surface area contributed by atoms with Crippen LogP contribution in [0.1, 0.15) is 6.92 Å². The summed E-state index contributed by atoms with van der Waals surface area (Å²) in [5.41, 5.74) is -0.194. The standard InChI is InChI=1S/C11H14N2O5/c1-8(14)6-12-11(15)7-18-10-5-3-2-4-9(10)13(16)17/h2-5,8,14H,6-7H2,1H3,(H,12,15). The van der Waals surface area contributed by atoms with Crippen LogP contribution in [-0.4, -0.2) is 35.2 Å². The number of nitrogens with zero attached hydrogens (tertiary/aromatic N) is 1. The first-order valence-electron chi connectivity index (χ1n) is 5.31. The van der Waals surface area contributed by atoms with Gasteiger partial charge in [-0.2, -0.15) is 0 Å². The molecular formula is C11H14N2O5. The molecule has 0 aromatic heterocycles. The molecule has 0 aliphatic heterocycles. The van der Waals surface area contributed by atoms with Crippen molar-refractivity contribution in [1.82, 2.24) is 5.32 Å². The molecule has 1 unspecified atom stereocenters. The van der Waals surface area contributed by atoms with E-state index in [4.69, 9.17) is 9.84 Å². The van der Waals surface area contributed by atoms with Gasteiger partial charge in [0.15, 0.2) is 12.4 Å². The second kappa shape index (κ2) is 6.55. The second-order valence-electron chi connectivity index (χ2n) is 3.67. The number of carbonyl (C=O) groups excluding carboxylic acids is 1. The maximum Gasteiger partial charge on any atom is 0.310 e. The predicted molar refractivity (Wildman–Crippen MR) is 63.3 cm³/mol. The monoisotopic (exact) mass is 254 g/mol. The Hall–Kier alpha value is -2.15. The van der Waals surface area contributed by atoms with Gasteiger partial charge in [-0.15, -0.1) is 0 Å². The van der Waals surface area contributed by atoms with E-state index in [0.717, 1.165) is 0 Å². The van der Waals surface area contributed by atoms with Crippen molar-refractivity contribution in [3.63, 3.8) is 0 Å². The Labute approximate surface area is 104 Å². The second-order valence-corrected chi connectivity index (χ2v) is 3.67. The molecule has 0 radical (unpaired) electrons. The van der Waals surface area contributed by atoms with E-state index in [1.807, 2.05) is 0 Å². The molecule has 1 aromatic carbocycles. The number of carbonyl (C=O) groups is 1. The summed E-state index contributed by atoms with van der Waals surface area (Å²) in [5, 5.41) is 22.0. The lowest BCUT2D eigenvalue weighted by Gasteiger charge is -2.08. The van der Waals surface area contributed by atoms with E-state index >= 15 is 0 Å². The molecule has 0 saturated carbocycles. The topological polar surface area (TPSA) is 102 Å². The summed E-state index contributed by atoms with van der Waals surface area (Å²) in [7, 11) is 0. The molecule has 98 valence electrons. The fourth-order valence-corrected chi connectivity index (χ4v) is 1.19. The highest BCUT2D eigenvalue weighted by Crippen LogP contribution is 2.25. The highest BCUT2D eigenvalue weighted by Gasteiger charge is 2.14. The zero-order valence-corrected chi connectivity index (χ0v) is 9.83. The number of ether oxygens (including phenoxy) is 1. The summed E-state index contributed by atoms with van der Waals surface area (Å²) in [5.74, 6) is -0.413. The van der Waals surface area contributed by atoms with Crippen LogP contribution in [0, 0.1) is 10.1 Å². The van der Waals surface area contributed by atoms with Crippen molar-refractivity contribution in [3.05, 3.63) is 34.4 Å². The maximum atomic E-state index is 11.3. The molecule has 0 spiro atoms. The smallest absolute Gasteiger partial charge is 0.310 e. The van der Waals surface area contributed by atoms with Gasteiger partial charge in [-0.1, -0.05) is 12.1 Å². The van der Waals surface area contributed by atoms with Gasteiger partial charge in [0.2, 0.25) is 0 Å². The van der Waals surface area contributed by atoms with E-state index in [9.17, 15) is 14.9 Å². The van der Waals surface area contributed by atoms with E-state index in [0.29, 0.717) is 0 Å². The summed E-state index contributed by atoms with van der Waals surface area (Å²) in [6.45, 7) is 1.31. The van der Waals surface area contributed by atoms with E-state index in [-0.39, 0.29) is 24.6 Å². The Morgan fingerprint density at radius 2 is 2.22 bits per heavy atom. The molecule has 7 heteroatoms. The predicted octanol–water partition coefficient (Wildman–Crippen LogP) is 0.471. The summed E-state index contributed by atoms with van der Waals surface area (Å²) in [6, 6.07) is 5.80. The van der Waals surface area contributed by atoms with E-state index in [1.165, 1.54) is 25.1 Å². The Bertz CT molecular complexity index is 433. The zero-order chi connectivity index (χ0) is 13.5. The molecule has 0 bridgehead atoms. The van der Waals surface area contributed by atoms with Gasteiger partial charge in [0, 0.05) is 12.6 Å². The van der Waals surface area contributed by atoms with Crippen LogP contribution in [0.25, 0.3) is 0 Å². The number of aliphatic hydroxyl groups is 1. The molecule has 2 N–H and O–H groups in total. The number of rotatable bonds is 6. The third kappa shape index (κ3) is 4.38. The van der Waals surface area contributed by atoms with Gasteiger partial charge in [0.25, 0.3) is 5.91 Å². The number of amides is 1. The zero-order valence-electron chi connectivity index (χ0n) is 9.83. The molecule has 0 fully saturated rings. The van der Waals surface area contributed by atoms with Crippen LogP contribution >= 0.6 is 0 Å². The molecular weight excluding hydrogens is 240 g/mol. The van der Waals surface area contributed by atoms with Gasteiger partial charge < -0.3 is 15.2 Å². The minimum absolute atomic E-state index is 0.0368. The fourth-order valence-electron chi connectivity index (χ4n) is 1.19. The van der Waals surface area contributed by atoms with Crippen molar-refractivity contribution in [3.8, 4) is 5.75 Å². The lowest BCUT2D eigenvalue weighted by atomic mass is 10.3. The lowest BCUT2D eigenvalue weighted by Crippen LogP contribution is -2.34. The molecule has 1 amide bonds. The summed E-state index contributed by atoms with van der Waals surface area (Å²) >= 11 is 0. The van der Waals surface area contributed by atoms with Gasteiger partial charge >= 0.3 is 5.69 Å². The molecule has 18 heavy (non-hydrogen) atoms. The van der Waals surface area contributed by atoms with Gasteiger partial charge in [0.1, 0.15) is 0 Å². The summed E-state index contributed by atoms with van der Waals surface area (Å²) < 4.78 is 5.06. The molecule has 1 atom stereocenters. The van der Waals surface area contributed by atoms with Crippen LogP contribution in [-0.2, 0) is 4.79 Å². The highest BCUT2D eigenvalue weighted by atomic mass is 16.6. The minimum Gasteiger partial charge on any atom is -0.477 e. The third-order valence-corrected chi connectivity index (χ3v) is 2.02. The number of nitrogens with one attached hydrogen (secondary N) is 1. The normalized spacial score (nSPS) is 11.7. The first kappa shape index (κ1) is 13.9. The third-order valence-electron chi connectivity index (χ3n) is 2.02. The van der Waals surface area contributed by atoms with E-state index < -0.39 is 16.9 Å². The average Bonchev–Trinajstić information content (AvgIpc) is 2.34. The van der Waals surface area contributed by atoms with Crippen LogP contribution in [0.15, 0.2) is 24.3 Å². The van der Waals surface area contributed by atoms with Crippen LogP contribution in [0.4, 0.5) is 5.69 Å². The van der Waals surface area contributed by atoms with Gasteiger partial charge in [-0.05, 0) is 13.0 Å². The van der Waals surface area contributed by atoms with Crippen LogP contribution < -0.4 is 10.1 Å². The molecule has 0 aliphatic rings. The highest BCUT2D eigenvalue weighted by molar-refractivity contribution is 5.77. The van der Waals surface area contributed by atoms with Crippen molar-refractivity contribution >= 4 is 11.6 Å². The lowest BCUT2D eigenvalue weighted by molar-refractivity contribution is -0.385. The van der Waals surface area contributed by atoms with E-state index in [1.54, 1.807) is 6.07 Å². The number of nitro benzene ring substituents is 1. The maximum absolute atomic E-state index is 11.3. The number of para-hydroxylation sites is 2.